The lowest BCUT2D eigenvalue weighted by Crippen LogP contribution is -2.43. The first kappa shape index (κ1) is 21.1. The number of hydrogen-bond acceptors (Lipinski definition) is 4. The van der Waals surface area contributed by atoms with Gasteiger partial charge in [-0.3, -0.25) is 9.59 Å². The van der Waals surface area contributed by atoms with E-state index in [4.69, 9.17) is 32.7 Å². The van der Waals surface area contributed by atoms with Gasteiger partial charge >= 0.3 is 0 Å². The van der Waals surface area contributed by atoms with Gasteiger partial charge in [0.15, 0.2) is 6.29 Å². The maximum Gasteiger partial charge on any atom is 0.240 e. The Hall–Kier alpha value is -2.12. The number of ether oxygens (including phenoxy) is 2. The van der Waals surface area contributed by atoms with Crippen molar-refractivity contribution in [3.63, 3.8) is 0 Å². The van der Waals surface area contributed by atoms with Gasteiger partial charge in [0.05, 0.1) is 29.8 Å². The van der Waals surface area contributed by atoms with Gasteiger partial charge in [0.1, 0.15) is 5.92 Å². The molecular weight excluding hydrogens is 427 g/mol. The van der Waals surface area contributed by atoms with E-state index >= 15 is 0 Å². The summed E-state index contributed by atoms with van der Waals surface area (Å²) >= 11 is 12.2. The zero-order chi connectivity index (χ0) is 21.5. The van der Waals surface area contributed by atoms with E-state index < -0.39 is 12.2 Å². The van der Waals surface area contributed by atoms with Gasteiger partial charge in [0, 0.05) is 16.8 Å². The lowest BCUT2D eigenvalue weighted by molar-refractivity contribution is -0.229. The second-order valence-corrected chi connectivity index (χ2v) is 9.16. The smallest absolute Gasteiger partial charge is 0.240 e. The van der Waals surface area contributed by atoms with Crippen molar-refractivity contribution < 1.29 is 19.1 Å². The van der Waals surface area contributed by atoms with Crippen LogP contribution in [0, 0.1) is 5.41 Å². The fraction of sp³-hybridized carbons (Fsp3) is 0.364. The Morgan fingerprint density at radius 1 is 1.13 bits per heavy atom. The second kappa shape index (κ2) is 8.19. The molecule has 30 heavy (non-hydrogen) atoms. The predicted octanol–water partition coefficient (Wildman–Crippen LogP) is 4.59. The van der Waals surface area contributed by atoms with Crippen molar-refractivity contribution in [2.45, 2.75) is 32.6 Å². The average molecular weight is 449 g/mol. The minimum absolute atomic E-state index is 0.109. The van der Waals surface area contributed by atoms with Crippen LogP contribution in [0.5, 0.6) is 0 Å². The number of benzene rings is 2. The van der Waals surface area contributed by atoms with Gasteiger partial charge in [-0.2, -0.15) is 0 Å². The molecule has 2 amide bonds. The van der Waals surface area contributed by atoms with E-state index in [1.165, 1.54) is 0 Å². The minimum atomic E-state index is -0.686. The van der Waals surface area contributed by atoms with Crippen LogP contribution in [0.4, 0.5) is 11.4 Å². The maximum absolute atomic E-state index is 13.5. The van der Waals surface area contributed by atoms with Crippen molar-refractivity contribution in [3.8, 4) is 0 Å². The topological polar surface area (TPSA) is 67.9 Å². The van der Waals surface area contributed by atoms with Crippen molar-refractivity contribution in [2.75, 3.05) is 23.4 Å². The molecule has 2 aromatic carbocycles. The van der Waals surface area contributed by atoms with E-state index in [0.29, 0.717) is 41.9 Å². The van der Waals surface area contributed by atoms with Crippen molar-refractivity contribution in [3.05, 3.63) is 57.6 Å². The lowest BCUT2D eigenvalue weighted by atomic mass is 9.93. The number of nitrogens with one attached hydrogen (secondary N) is 1. The highest BCUT2D eigenvalue weighted by Gasteiger charge is 2.45. The number of hydrogen-bond donors (Lipinski definition) is 1. The molecule has 0 radical (unpaired) electrons. The Bertz CT molecular complexity index is 985. The van der Waals surface area contributed by atoms with Gasteiger partial charge in [-0.1, -0.05) is 43.1 Å². The molecule has 0 aliphatic carbocycles. The summed E-state index contributed by atoms with van der Waals surface area (Å²) in [6, 6.07) is 10.7. The van der Waals surface area contributed by atoms with Crippen LogP contribution in [-0.2, 0) is 25.6 Å². The van der Waals surface area contributed by atoms with Gasteiger partial charge in [0.2, 0.25) is 12.3 Å². The highest BCUT2D eigenvalue weighted by atomic mass is 35.5. The predicted molar refractivity (Wildman–Crippen MR) is 116 cm³/mol. The number of anilines is 2. The molecule has 1 fully saturated rings. The molecule has 1 N–H and O–H groups in total. The molecular formula is C22H22Cl2N2O4. The molecule has 158 valence electrons. The van der Waals surface area contributed by atoms with Crippen molar-refractivity contribution in [1.29, 1.82) is 0 Å². The molecule has 4 rings (SSSR count). The minimum Gasteiger partial charge on any atom is -0.351 e. The summed E-state index contributed by atoms with van der Waals surface area (Å²) in [5.41, 5.74) is 2.86. The summed E-state index contributed by atoms with van der Waals surface area (Å²) in [7, 11) is 0. The number of amides is 2. The number of rotatable bonds is 5. The fourth-order valence-electron chi connectivity index (χ4n) is 3.77. The molecule has 1 atom stereocenters. The van der Waals surface area contributed by atoms with Gasteiger partial charge in [-0.05, 0) is 41.5 Å². The molecule has 2 aromatic rings. The van der Waals surface area contributed by atoms with E-state index in [2.05, 4.69) is 19.2 Å². The maximum atomic E-state index is 13.5. The number of fused-ring (bicyclic) bond motifs is 1. The molecule has 0 saturated carbocycles. The standard InChI is InChI=1S/C22H22Cl2N2O4/c1-22(2)10-29-21(30-11-22)19-15-8-14(25-12-27)4-6-18(15)26(20(19)28)9-13-3-5-16(23)17(24)7-13/h3-8,12,19,21H,9-11H2,1-2H3,(H,25,27). The quantitative estimate of drug-likeness (QED) is 0.679. The molecule has 2 aliphatic rings. The molecule has 0 aromatic heterocycles. The molecule has 0 spiro atoms. The SMILES string of the molecule is CC1(C)COC(C2C(=O)N(Cc3ccc(Cl)c(Cl)c3)c3ccc(NC=O)cc32)OC1. The first-order valence-electron chi connectivity index (χ1n) is 9.62. The Labute approximate surface area is 185 Å². The van der Waals surface area contributed by atoms with Crippen LogP contribution in [0.2, 0.25) is 10.0 Å². The molecule has 2 aliphatic heterocycles. The van der Waals surface area contributed by atoms with Gasteiger partial charge in [-0.15, -0.1) is 0 Å². The van der Waals surface area contributed by atoms with E-state index in [0.717, 1.165) is 16.8 Å². The van der Waals surface area contributed by atoms with Gasteiger partial charge < -0.3 is 19.7 Å². The zero-order valence-corrected chi connectivity index (χ0v) is 18.2. The van der Waals surface area contributed by atoms with E-state index in [1.54, 1.807) is 29.2 Å². The Balaban J connectivity index is 1.68. The van der Waals surface area contributed by atoms with Crippen molar-refractivity contribution in [2.24, 2.45) is 5.41 Å². The number of halogens is 2. The average Bonchev–Trinajstić information content (AvgIpc) is 2.96. The first-order valence-corrected chi connectivity index (χ1v) is 10.4. The number of carbonyl (C=O) groups excluding carboxylic acids is 2. The van der Waals surface area contributed by atoms with Crippen LogP contribution in [0.1, 0.15) is 30.9 Å². The monoisotopic (exact) mass is 448 g/mol. The van der Waals surface area contributed by atoms with E-state index in [9.17, 15) is 9.59 Å². The highest BCUT2D eigenvalue weighted by molar-refractivity contribution is 6.42. The van der Waals surface area contributed by atoms with Crippen molar-refractivity contribution in [1.82, 2.24) is 0 Å². The highest BCUT2D eigenvalue weighted by Crippen LogP contribution is 2.44. The Kier molecular flexibility index (Phi) is 5.77. The first-order chi connectivity index (χ1) is 14.3. The largest absolute Gasteiger partial charge is 0.351 e. The number of carbonyl (C=O) groups is 2. The number of nitrogens with zero attached hydrogens (tertiary/aromatic N) is 1. The summed E-state index contributed by atoms with van der Waals surface area (Å²) in [4.78, 5) is 26.1. The van der Waals surface area contributed by atoms with Crippen LogP contribution in [0.3, 0.4) is 0 Å². The molecule has 0 bridgehead atoms. The van der Waals surface area contributed by atoms with E-state index in [1.807, 2.05) is 12.1 Å². The lowest BCUT2D eigenvalue weighted by Gasteiger charge is -2.36. The molecule has 6 nitrogen and oxygen atoms in total. The van der Waals surface area contributed by atoms with Gasteiger partial charge in [-0.25, -0.2) is 0 Å². The summed E-state index contributed by atoms with van der Waals surface area (Å²) < 4.78 is 11.9. The summed E-state index contributed by atoms with van der Waals surface area (Å²) in [5.74, 6) is -0.740. The van der Waals surface area contributed by atoms with Crippen LogP contribution in [0.25, 0.3) is 0 Å². The zero-order valence-electron chi connectivity index (χ0n) is 16.7. The third-order valence-electron chi connectivity index (χ3n) is 5.28. The third-order valence-corrected chi connectivity index (χ3v) is 6.02. The van der Waals surface area contributed by atoms with Crippen LogP contribution >= 0.6 is 23.2 Å². The summed E-state index contributed by atoms with van der Waals surface area (Å²) in [6.07, 6.45) is -0.0773. The van der Waals surface area contributed by atoms with Crippen LogP contribution in [-0.4, -0.2) is 31.8 Å². The Morgan fingerprint density at radius 3 is 2.53 bits per heavy atom. The second-order valence-electron chi connectivity index (χ2n) is 8.34. The fourth-order valence-corrected chi connectivity index (χ4v) is 4.09. The normalized spacial score (nSPS) is 20.9. The molecule has 1 unspecified atom stereocenters. The summed E-state index contributed by atoms with van der Waals surface area (Å²) in [6.45, 7) is 5.43. The molecule has 8 heteroatoms. The van der Waals surface area contributed by atoms with Gasteiger partial charge in [0.25, 0.3) is 0 Å². The Morgan fingerprint density at radius 2 is 1.87 bits per heavy atom. The molecule has 1 saturated heterocycles. The van der Waals surface area contributed by atoms with Crippen LogP contribution < -0.4 is 10.2 Å². The third kappa shape index (κ3) is 4.05. The summed E-state index contributed by atoms with van der Waals surface area (Å²) in [5, 5.41) is 3.54. The van der Waals surface area contributed by atoms with Crippen LogP contribution in [0.15, 0.2) is 36.4 Å². The van der Waals surface area contributed by atoms with Crippen molar-refractivity contribution >= 4 is 46.9 Å². The molecule has 2 heterocycles. The van der Waals surface area contributed by atoms with E-state index in [-0.39, 0.29) is 11.3 Å².